The van der Waals surface area contributed by atoms with E-state index in [0.717, 1.165) is 22.4 Å². The highest BCUT2D eigenvalue weighted by Crippen LogP contribution is 2.28. The number of nitrogens with zero attached hydrogens (tertiary/aromatic N) is 2. The Balaban J connectivity index is 1.55. The third-order valence-corrected chi connectivity index (χ3v) is 8.31. The fraction of sp³-hybridized carbons (Fsp3) is 0.222. The molecule has 44 heavy (non-hydrogen) atoms. The van der Waals surface area contributed by atoms with E-state index in [0.29, 0.717) is 36.4 Å². The first-order valence-electron chi connectivity index (χ1n) is 14.2. The molecule has 0 amide bonds. The summed E-state index contributed by atoms with van der Waals surface area (Å²) >= 11 is 0. The van der Waals surface area contributed by atoms with Crippen molar-refractivity contribution in [1.82, 2.24) is 4.72 Å². The topological polar surface area (TPSA) is 99.5 Å². The Bertz CT molecular complexity index is 1820. The molecule has 0 aliphatic rings. The Morgan fingerprint density at radius 1 is 0.909 bits per heavy atom. The van der Waals surface area contributed by atoms with Crippen LogP contribution in [-0.4, -0.2) is 33.1 Å². The number of hydrogen-bond acceptors (Lipinski definition) is 6. The molecule has 0 saturated heterocycles. The van der Waals surface area contributed by atoms with Crippen LogP contribution in [0.25, 0.3) is 11.1 Å². The van der Waals surface area contributed by atoms with Gasteiger partial charge < -0.3 is 9.64 Å². The molecule has 4 aromatic carbocycles. The number of nitrogens with one attached hydrogen (secondary N) is 1. The first-order chi connectivity index (χ1) is 21.0. The van der Waals surface area contributed by atoms with Gasteiger partial charge in [0.25, 0.3) is 0 Å². The number of carbonyl (C=O) groups excluding carboxylic acids is 1. The average Bonchev–Trinajstić information content (AvgIpc) is 3.00. The molecule has 0 fully saturated rings. The van der Waals surface area contributed by atoms with Crippen LogP contribution in [0.15, 0.2) is 102 Å². The van der Waals surface area contributed by atoms with E-state index in [1.165, 1.54) is 0 Å². The Morgan fingerprint density at radius 3 is 2.27 bits per heavy atom. The van der Waals surface area contributed by atoms with Gasteiger partial charge in [-0.25, -0.2) is 17.9 Å². The minimum Gasteiger partial charge on any atom is -0.462 e. The predicted octanol–water partition coefficient (Wildman–Crippen LogP) is 6.54. The second-order valence-corrected chi connectivity index (χ2v) is 12.8. The molecule has 224 valence electrons. The van der Waals surface area contributed by atoms with Crippen LogP contribution in [-0.2, 0) is 21.3 Å². The number of hydrogen-bond donors (Lipinski definition) is 1. The summed E-state index contributed by atoms with van der Waals surface area (Å²) < 4.78 is 34.0. The van der Waals surface area contributed by atoms with Crippen LogP contribution in [0.2, 0.25) is 0 Å². The number of sulfonamides is 1. The quantitative estimate of drug-likeness (QED) is 0.172. The first kappa shape index (κ1) is 32.0. The molecule has 0 saturated carbocycles. The van der Waals surface area contributed by atoms with Crippen molar-refractivity contribution in [3.05, 3.63) is 119 Å². The van der Waals surface area contributed by atoms with Gasteiger partial charge in [0.1, 0.15) is 0 Å². The number of ether oxygens (including phenoxy) is 1. The summed E-state index contributed by atoms with van der Waals surface area (Å²) in [5, 5.41) is 9.42. The Labute approximate surface area is 260 Å². The number of benzene rings is 4. The molecule has 0 radical (unpaired) electrons. The summed E-state index contributed by atoms with van der Waals surface area (Å²) in [4.78, 5) is 14.3. The van der Waals surface area contributed by atoms with Crippen LogP contribution >= 0.6 is 0 Å². The summed E-state index contributed by atoms with van der Waals surface area (Å²) in [7, 11) is -3.72. The van der Waals surface area contributed by atoms with Crippen LogP contribution in [0, 0.1) is 23.2 Å². The largest absolute Gasteiger partial charge is 0.462 e. The summed E-state index contributed by atoms with van der Waals surface area (Å²) in [6.07, 6.45) is 0. The highest BCUT2D eigenvalue weighted by Gasteiger charge is 2.24. The second-order valence-electron chi connectivity index (χ2n) is 11.2. The van der Waals surface area contributed by atoms with Crippen molar-refractivity contribution in [3.8, 4) is 29.0 Å². The highest BCUT2D eigenvalue weighted by atomic mass is 32.2. The number of nitriles is 1. The fourth-order valence-corrected chi connectivity index (χ4v) is 6.21. The molecule has 0 atom stereocenters. The maximum atomic E-state index is 13.1. The number of esters is 1. The third-order valence-electron chi connectivity index (χ3n) is 6.49. The minimum absolute atomic E-state index is 0.222. The molecule has 8 heteroatoms. The maximum absolute atomic E-state index is 13.1. The van der Waals surface area contributed by atoms with E-state index in [1.54, 1.807) is 43.3 Å². The van der Waals surface area contributed by atoms with E-state index < -0.39 is 15.6 Å². The SMILES string of the molecule is CCOC(=O)c1ccc(CN(CC#Cc2ccc(-c3ccccc3S(=O)(=O)NC(C)(C)C)cc2)c2cccc(C#N)c2)cc1. The molecule has 0 bridgehead atoms. The normalized spacial score (nSPS) is 11.2. The Kier molecular flexibility index (Phi) is 10.2. The van der Waals surface area contributed by atoms with Crippen molar-refractivity contribution in [2.45, 2.75) is 44.7 Å². The van der Waals surface area contributed by atoms with Gasteiger partial charge in [-0.15, -0.1) is 0 Å². The van der Waals surface area contributed by atoms with Crippen LogP contribution in [0.3, 0.4) is 0 Å². The van der Waals surface area contributed by atoms with Gasteiger partial charge >= 0.3 is 5.97 Å². The molecule has 4 rings (SSSR count). The first-order valence-corrected chi connectivity index (χ1v) is 15.7. The molecule has 0 spiro atoms. The van der Waals surface area contributed by atoms with Gasteiger partial charge in [-0.05, 0) is 87.4 Å². The van der Waals surface area contributed by atoms with Crippen molar-refractivity contribution in [1.29, 1.82) is 5.26 Å². The minimum atomic E-state index is -3.72. The lowest BCUT2D eigenvalue weighted by Crippen LogP contribution is -2.40. The third kappa shape index (κ3) is 8.58. The summed E-state index contributed by atoms with van der Waals surface area (Å²) in [6.45, 7) is 8.41. The van der Waals surface area contributed by atoms with E-state index in [1.807, 2.05) is 81.4 Å². The van der Waals surface area contributed by atoms with E-state index in [-0.39, 0.29) is 10.9 Å². The summed E-state index contributed by atoms with van der Waals surface area (Å²) in [6, 6.07) is 31.2. The number of carbonyl (C=O) groups is 1. The van der Waals surface area contributed by atoms with Gasteiger partial charge in [-0.3, -0.25) is 0 Å². The molecular weight excluding hydrogens is 570 g/mol. The van der Waals surface area contributed by atoms with E-state index in [4.69, 9.17) is 4.74 Å². The van der Waals surface area contributed by atoms with Gasteiger partial charge in [0.15, 0.2) is 0 Å². The lowest BCUT2D eigenvalue weighted by atomic mass is 10.0. The molecule has 7 nitrogen and oxygen atoms in total. The zero-order valence-electron chi connectivity index (χ0n) is 25.3. The number of rotatable bonds is 9. The van der Waals surface area contributed by atoms with Gasteiger partial charge in [-0.2, -0.15) is 5.26 Å². The lowest BCUT2D eigenvalue weighted by Gasteiger charge is -2.23. The highest BCUT2D eigenvalue weighted by molar-refractivity contribution is 7.89. The van der Waals surface area contributed by atoms with Crippen molar-refractivity contribution < 1.29 is 17.9 Å². The predicted molar refractivity (Wildman–Crippen MR) is 173 cm³/mol. The molecule has 0 heterocycles. The van der Waals surface area contributed by atoms with Crippen molar-refractivity contribution in [2.24, 2.45) is 0 Å². The molecule has 0 aromatic heterocycles. The zero-order chi connectivity index (χ0) is 31.7. The van der Waals surface area contributed by atoms with Gasteiger partial charge in [0, 0.05) is 28.9 Å². The molecule has 0 aliphatic carbocycles. The average molecular weight is 606 g/mol. The molecular formula is C36H35N3O4S. The van der Waals surface area contributed by atoms with Crippen LogP contribution in [0.4, 0.5) is 5.69 Å². The Hall–Kier alpha value is -4.89. The monoisotopic (exact) mass is 605 g/mol. The molecule has 1 N–H and O–H groups in total. The van der Waals surface area contributed by atoms with Crippen LogP contribution < -0.4 is 9.62 Å². The smallest absolute Gasteiger partial charge is 0.338 e. The zero-order valence-corrected chi connectivity index (χ0v) is 26.1. The second kappa shape index (κ2) is 14.1. The van der Waals surface area contributed by atoms with Gasteiger partial charge in [-0.1, -0.05) is 60.4 Å². The van der Waals surface area contributed by atoms with Crippen molar-refractivity contribution >= 4 is 21.7 Å². The van der Waals surface area contributed by atoms with E-state index in [2.05, 4.69) is 27.5 Å². The van der Waals surface area contributed by atoms with Gasteiger partial charge in [0.2, 0.25) is 10.0 Å². The van der Waals surface area contributed by atoms with Gasteiger partial charge in [0.05, 0.1) is 35.2 Å². The van der Waals surface area contributed by atoms with Crippen molar-refractivity contribution in [2.75, 3.05) is 18.1 Å². The summed E-state index contributed by atoms with van der Waals surface area (Å²) in [5.74, 6) is 6.08. The fourth-order valence-electron chi connectivity index (χ4n) is 4.56. The van der Waals surface area contributed by atoms with Crippen LogP contribution in [0.1, 0.15) is 54.7 Å². The molecule has 4 aromatic rings. The standard InChI is InChI=1S/C36H35N3O4S/c1-5-43-35(40)31-21-17-28(18-22-31)26-39(32-12-8-10-29(24-32)25-37)23-9-11-27-15-19-30(20-16-27)33-13-6-7-14-34(33)44(41,42)38-36(2,3)4/h6-8,10,12-22,24,38H,5,23,26H2,1-4H3. The molecule has 0 unspecified atom stereocenters. The van der Waals surface area contributed by atoms with E-state index in [9.17, 15) is 18.5 Å². The van der Waals surface area contributed by atoms with E-state index >= 15 is 0 Å². The van der Waals surface area contributed by atoms with Crippen molar-refractivity contribution in [3.63, 3.8) is 0 Å². The Morgan fingerprint density at radius 2 is 1.61 bits per heavy atom. The molecule has 0 aliphatic heterocycles. The maximum Gasteiger partial charge on any atom is 0.338 e. The summed E-state index contributed by atoms with van der Waals surface area (Å²) in [5.41, 5.74) is 4.42. The lowest BCUT2D eigenvalue weighted by molar-refractivity contribution is 0.0526. The van der Waals surface area contributed by atoms with Crippen LogP contribution in [0.5, 0.6) is 0 Å². The number of anilines is 1.